The number of amides is 3. The fraction of sp³-hybridized carbons (Fsp3) is 0.0690. The van der Waals surface area contributed by atoms with E-state index in [9.17, 15) is 14.4 Å². The average Bonchev–Trinajstić information content (AvgIpc) is 2.89. The van der Waals surface area contributed by atoms with E-state index in [0.717, 1.165) is 5.56 Å². The summed E-state index contributed by atoms with van der Waals surface area (Å²) in [6.07, 6.45) is 0. The van der Waals surface area contributed by atoms with Crippen LogP contribution in [-0.4, -0.2) is 16.5 Å². The fourth-order valence-corrected chi connectivity index (χ4v) is 4.23. The van der Waals surface area contributed by atoms with Crippen LogP contribution >= 0.6 is 0 Å². The zero-order valence-corrected chi connectivity index (χ0v) is 19.6. The summed E-state index contributed by atoms with van der Waals surface area (Å²) in [5.74, 6) is -0.247. The molecule has 0 saturated carbocycles. The molecule has 7 nitrogen and oxygen atoms in total. The number of aryl methyl sites for hydroxylation is 1. The highest BCUT2D eigenvalue weighted by atomic mass is 16.2. The van der Waals surface area contributed by atoms with Gasteiger partial charge in [0.1, 0.15) is 6.54 Å². The van der Waals surface area contributed by atoms with E-state index < -0.39 is 0 Å². The van der Waals surface area contributed by atoms with Crippen molar-refractivity contribution >= 4 is 50.8 Å². The monoisotopic (exact) mass is 476 g/mol. The van der Waals surface area contributed by atoms with E-state index in [-0.39, 0.29) is 23.9 Å². The van der Waals surface area contributed by atoms with Crippen LogP contribution in [0.1, 0.15) is 5.56 Å². The topological polar surface area (TPSA) is 92.2 Å². The molecule has 7 heteroatoms. The zero-order valence-electron chi connectivity index (χ0n) is 19.6. The predicted octanol–water partition coefficient (Wildman–Crippen LogP) is 5.75. The molecule has 0 fully saturated rings. The van der Waals surface area contributed by atoms with E-state index in [4.69, 9.17) is 0 Å². The van der Waals surface area contributed by atoms with Crippen molar-refractivity contribution in [3.8, 4) is 0 Å². The number of benzene rings is 4. The Labute approximate surface area is 207 Å². The molecular formula is C29H24N4O3. The van der Waals surface area contributed by atoms with Gasteiger partial charge in [0.05, 0.1) is 11.0 Å². The van der Waals surface area contributed by atoms with E-state index in [1.807, 2.05) is 72.2 Å². The third kappa shape index (κ3) is 4.67. The Kier molecular flexibility index (Phi) is 6.19. The number of anilines is 3. The van der Waals surface area contributed by atoms with Crippen LogP contribution in [0, 0.1) is 6.92 Å². The van der Waals surface area contributed by atoms with E-state index in [1.165, 1.54) is 0 Å². The minimum Gasteiger partial charge on any atom is -0.331 e. The first-order valence-corrected chi connectivity index (χ1v) is 11.5. The van der Waals surface area contributed by atoms with Crippen LogP contribution in [0.5, 0.6) is 0 Å². The predicted molar refractivity (Wildman–Crippen MR) is 145 cm³/mol. The number of para-hydroxylation sites is 3. The van der Waals surface area contributed by atoms with Crippen LogP contribution in [-0.2, 0) is 11.3 Å². The summed E-state index contributed by atoms with van der Waals surface area (Å²) >= 11 is 0. The number of aromatic nitrogens is 1. The zero-order chi connectivity index (χ0) is 25.1. The van der Waals surface area contributed by atoms with Gasteiger partial charge in [-0.05, 0) is 61.0 Å². The second-order valence-electron chi connectivity index (χ2n) is 8.47. The molecule has 1 heterocycles. The molecule has 3 N–H and O–H groups in total. The highest BCUT2D eigenvalue weighted by molar-refractivity contribution is 6.01. The molecule has 0 saturated heterocycles. The fourth-order valence-electron chi connectivity index (χ4n) is 4.23. The molecule has 1 aromatic heterocycles. The van der Waals surface area contributed by atoms with Crippen LogP contribution in [0.3, 0.4) is 0 Å². The second-order valence-corrected chi connectivity index (χ2v) is 8.47. The van der Waals surface area contributed by atoms with Gasteiger partial charge in [-0.2, -0.15) is 0 Å². The van der Waals surface area contributed by atoms with Gasteiger partial charge in [-0.25, -0.2) is 4.79 Å². The molecule has 0 atom stereocenters. The molecular weight excluding hydrogens is 452 g/mol. The van der Waals surface area contributed by atoms with Gasteiger partial charge in [0.2, 0.25) is 5.91 Å². The van der Waals surface area contributed by atoms with Gasteiger partial charge in [-0.1, -0.05) is 48.5 Å². The third-order valence-corrected chi connectivity index (χ3v) is 5.98. The number of nitrogens with one attached hydrogen (secondary N) is 3. The first-order chi connectivity index (χ1) is 17.5. The summed E-state index contributed by atoms with van der Waals surface area (Å²) in [5, 5.41) is 9.65. The Balaban J connectivity index is 1.38. The molecule has 0 aliphatic carbocycles. The van der Waals surface area contributed by atoms with Crippen molar-refractivity contribution in [1.29, 1.82) is 0 Å². The van der Waals surface area contributed by atoms with Gasteiger partial charge in [0, 0.05) is 27.8 Å². The van der Waals surface area contributed by atoms with Crippen molar-refractivity contribution in [1.82, 2.24) is 4.57 Å². The summed E-state index contributed by atoms with van der Waals surface area (Å²) in [6.45, 7) is 1.90. The molecule has 3 amide bonds. The van der Waals surface area contributed by atoms with Crippen LogP contribution in [0.15, 0.2) is 102 Å². The van der Waals surface area contributed by atoms with Gasteiger partial charge in [-0.15, -0.1) is 0 Å². The Morgan fingerprint density at radius 2 is 1.28 bits per heavy atom. The summed E-state index contributed by atoms with van der Waals surface area (Å²) in [7, 11) is 0. The van der Waals surface area contributed by atoms with Crippen molar-refractivity contribution in [2.45, 2.75) is 13.5 Å². The lowest BCUT2D eigenvalue weighted by Crippen LogP contribution is -2.22. The lowest BCUT2D eigenvalue weighted by Gasteiger charge is -2.16. The van der Waals surface area contributed by atoms with Crippen LogP contribution in [0.2, 0.25) is 0 Å². The van der Waals surface area contributed by atoms with Gasteiger partial charge in [-0.3, -0.25) is 9.59 Å². The molecule has 4 aromatic carbocycles. The number of hydrogen-bond acceptors (Lipinski definition) is 3. The lowest BCUT2D eigenvalue weighted by atomic mass is 10.1. The molecule has 0 aliphatic rings. The van der Waals surface area contributed by atoms with Crippen molar-refractivity contribution in [2.75, 3.05) is 16.0 Å². The SMILES string of the molecule is Cc1ccc(NC(=O)Nc2ccccc2)cc1NC(=O)Cn1c2ccccc2c(=O)c2ccccc21. The maximum Gasteiger partial charge on any atom is 0.323 e. The standard InChI is InChI=1S/C29H24N4O3/c1-19-15-16-21(31-29(36)30-20-9-3-2-4-10-20)17-24(19)32-27(34)18-33-25-13-7-5-11-22(25)28(35)23-12-6-8-14-26(23)33/h2-17H,18H2,1H3,(H,32,34)(H2,30,31,36). The molecule has 0 radical (unpaired) electrons. The van der Waals surface area contributed by atoms with Crippen molar-refractivity contribution in [3.63, 3.8) is 0 Å². The van der Waals surface area contributed by atoms with Crippen LogP contribution in [0.25, 0.3) is 21.8 Å². The normalized spacial score (nSPS) is 10.8. The highest BCUT2D eigenvalue weighted by Gasteiger charge is 2.14. The summed E-state index contributed by atoms with van der Waals surface area (Å²) < 4.78 is 1.85. The lowest BCUT2D eigenvalue weighted by molar-refractivity contribution is -0.116. The molecule has 5 rings (SSSR count). The Hall–Kier alpha value is -4.91. The van der Waals surface area contributed by atoms with Crippen LogP contribution < -0.4 is 21.4 Å². The minimum absolute atomic E-state index is 0.0207. The minimum atomic E-state index is -0.381. The number of hydrogen-bond donors (Lipinski definition) is 3. The first kappa shape index (κ1) is 22.9. The summed E-state index contributed by atoms with van der Waals surface area (Å²) in [5.41, 5.74) is 4.00. The molecule has 36 heavy (non-hydrogen) atoms. The molecule has 178 valence electrons. The molecule has 0 aliphatic heterocycles. The molecule has 0 spiro atoms. The summed E-state index contributed by atoms with van der Waals surface area (Å²) in [6, 6.07) is 28.7. The van der Waals surface area contributed by atoms with E-state index in [1.54, 1.807) is 36.4 Å². The number of rotatable bonds is 5. The van der Waals surface area contributed by atoms with E-state index >= 15 is 0 Å². The number of pyridine rings is 1. The van der Waals surface area contributed by atoms with Crippen molar-refractivity contribution in [2.24, 2.45) is 0 Å². The van der Waals surface area contributed by atoms with E-state index in [0.29, 0.717) is 38.9 Å². The average molecular weight is 477 g/mol. The maximum atomic E-state index is 13.2. The molecule has 0 bridgehead atoms. The molecule has 0 unspecified atom stereocenters. The smallest absolute Gasteiger partial charge is 0.323 e. The number of carbonyl (C=O) groups excluding carboxylic acids is 2. The number of fused-ring (bicyclic) bond motifs is 2. The van der Waals surface area contributed by atoms with Gasteiger partial charge < -0.3 is 20.5 Å². The van der Waals surface area contributed by atoms with E-state index in [2.05, 4.69) is 16.0 Å². The quantitative estimate of drug-likeness (QED) is 0.282. The first-order valence-electron chi connectivity index (χ1n) is 11.5. The number of carbonyl (C=O) groups is 2. The Morgan fingerprint density at radius 1 is 0.694 bits per heavy atom. The van der Waals surface area contributed by atoms with Gasteiger partial charge in [0.15, 0.2) is 5.43 Å². The molecule has 5 aromatic rings. The summed E-state index contributed by atoms with van der Waals surface area (Å²) in [4.78, 5) is 38.5. The Morgan fingerprint density at radius 3 is 1.94 bits per heavy atom. The highest BCUT2D eigenvalue weighted by Crippen LogP contribution is 2.22. The Bertz CT molecular complexity index is 1600. The second kappa shape index (κ2) is 9.76. The number of nitrogens with zero attached hydrogens (tertiary/aromatic N) is 1. The van der Waals surface area contributed by atoms with Crippen molar-refractivity contribution < 1.29 is 9.59 Å². The third-order valence-electron chi connectivity index (χ3n) is 5.98. The van der Waals surface area contributed by atoms with Gasteiger partial charge in [0.25, 0.3) is 0 Å². The largest absolute Gasteiger partial charge is 0.331 e. The van der Waals surface area contributed by atoms with Crippen LogP contribution in [0.4, 0.5) is 21.9 Å². The number of urea groups is 1. The maximum absolute atomic E-state index is 13.2. The van der Waals surface area contributed by atoms with Crippen molar-refractivity contribution in [3.05, 3.63) is 113 Å². The van der Waals surface area contributed by atoms with Gasteiger partial charge >= 0.3 is 6.03 Å².